The molecule has 2 rings (SSSR count). The molecule has 0 fully saturated rings. The molecule has 0 aliphatic rings. The van der Waals surface area contributed by atoms with Crippen molar-refractivity contribution in [1.29, 1.82) is 0 Å². The Balaban J connectivity index is 1.90. The quantitative estimate of drug-likeness (QED) is 0.890. The van der Waals surface area contributed by atoms with E-state index in [1.807, 2.05) is 10.9 Å². The summed E-state index contributed by atoms with van der Waals surface area (Å²) in [5.74, 6) is 0. The molecular formula is C15H25N5S. The Morgan fingerprint density at radius 1 is 1.38 bits per heavy atom. The van der Waals surface area contributed by atoms with Crippen LogP contribution in [0.1, 0.15) is 37.4 Å². The Morgan fingerprint density at radius 2 is 2.14 bits per heavy atom. The lowest BCUT2D eigenvalue weighted by Gasteiger charge is -2.23. The fourth-order valence-electron chi connectivity index (χ4n) is 2.06. The van der Waals surface area contributed by atoms with E-state index in [-0.39, 0.29) is 5.54 Å². The molecule has 1 unspecified atom stereocenters. The molecule has 0 saturated carbocycles. The van der Waals surface area contributed by atoms with Gasteiger partial charge in [0.2, 0.25) is 0 Å². The zero-order chi connectivity index (χ0) is 15.5. The molecule has 0 radical (unpaired) electrons. The largest absolute Gasteiger partial charge is 0.309 e. The van der Waals surface area contributed by atoms with Crippen LogP contribution in [0.25, 0.3) is 0 Å². The summed E-state index contributed by atoms with van der Waals surface area (Å²) in [6, 6.07) is 4.68. The van der Waals surface area contributed by atoms with Gasteiger partial charge in [0.05, 0.1) is 23.5 Å². The lowest BCUT2D eigenvalue weighted by atomic mass is 10.1. The van der Waals surface area contributed by atoms with Crippen LogP contribution in [-0.2, 0) is 12.1 Å². The summed E-state index contributed by atoms with van der Waals surface area (Å²) < 4.78 is 1.91. The van der Waals surface area contributed by atoms with E-state index < -0.39 is 0 Å². The average Bonchev–Trinajstić information content (AvgIpc) is 3.04. The van der Waals surface area contributed by atoms with Crippen LogP contribution < -0.4 is 5.32 Å². The normalized spacial score (nSPS) is 13.8. The van der Waals surface area contributed by atoms with Crippen molar-refractivity contribution in [2.45, 2.75) is 38.9 Å². The van der Waals surface area contributed by atoms with Gasteiger partial charge in [0.1, 0.15) is 0 Å². The number of rotatable bonds is 6. The Bertz CT molecular complexity index is 539. The average molecular weight is 307 g/mol. The van der Waals surface area contributed by atoms with Gasteiger partial charge in [0, 0.05) is 18.0 Å². The summed E-state index contributed by atoms with van der Waals surface area (Å²) in [6.07, 6.45) is 2.02. The van der Waals surface area contributed by atoms with Gasteiger partial charge in [-0.25, -0.2) is 4.68 Å². The molecule has 0 aromatic carbocycles. The van der Waals surface area contributed by atoms with E-state index in [2.05, 4.69) is 72.9 Å². The Kier molecular flexibility index (Phi) is 5.13. The lowest BCUT2D eigenvalue weighted by molar-refractivity contribution is 0.292. The second-order valence-electron chi connectivity index (χ2n) is 6.45. The van der Waals surface area contributed by atoms with Gasteiger partial charge in [-0.3, -0.25) is 0 Å². The molecule has 0 spiro atoms. The molecule has 6 heteroatoms. The number of nitrogens with one attached hydrogen (secondary N) is 1. The van der Waals surface area contributed by atoms with E-state index in [4.69, 9.17) is 0 Å². The van der Waals surface area contributed by atoms with Crippen LogP contribution in [0.2, 0.25) is 0 Å². The summed E-state index contributed by atoms with van der Waals surface area (Å²) in [5.41, 5.74) is 0.961. The van der Waals surface area contributed by atoms with Crippen LogP contribution in [0.5, 0.6) is 0 Å². The van der Waals surface area contributed by atoms with Crippen molar-refractivity contribution < 1.29 is 0 Å². The van der Waals surface area contributed by atoms with Crippen LogP contribution in [0.4, 0.5) is 0 Å². The predicted octanol–water partition coefficient (Wildman–Crippen LogP) is 2.49. The number of aromatic nitrogens is 3. The SMILES string of the molecule is CN(C)C(CNCc1cn(C(C)(C)C)nn1)c1cccs1. The van der Waals surface area contributed by atoms with Crippen molar-refractivity contribution in [1.82, 2.24) is 25.2 Å². The third-order valence-electron chi connectivity index (χ3n) is 3.37. The summed E-state index contributed by atoms with van der Waals surface area (Å²) in [6.45, 7) is 8.01. The van der Waals surface area contributed by atoms with Gasteiger partial charge in [-0.2, -0.15) is 0 Å². The molecule has 1 atom stereocenters. The molecule has 1 N–H and O–H groups in total. The molecule has 0 aliphatic heterocycles. The second-order valence-corrected chi connectivity index (χ2v) is 7.43. The van der Waals surface area contributed by atoms with Crippen molar-refractivity contribution in [3.8, 4) is 0 Å². The smallest absolute Gasteiger partial charge is 0.0965 e. The van der Waals surface area contributed by atoms with Gasteiger partial charge in [0.25, 0.3) is 0 Å². The summed E-state index contributed by atoms with van der Waals surface area (Å²) in [4.78, 5) is 3.62. The van der Waals surface area contributed by atoms with Gasteiger partial charge < -0.3 is 10.2 Å². The predicted molar refractivity (Wildman–Crippen MR) is 87.5 cm³/mol. The minimum absolute atomic E-state index is 0.0195. The molecule has 2 aromatic rings. The van der Waals surface area contributed by atoms with Crippen molar-refractivity contribution in [3.63, 3.8) is 0 Å². The maximum Gasteiger partial charge on any atom is 0.0965 e. The van der Waals surface area contributed by atoms with E-state index in [0.29, 0.717) is 6.04 Å². The van der Waals surface area contributed by atoms with Crippen LogP contribution in [0.15, 0.2) is 23.7 Å². The molecule has 2 aromatic heterocycles. The summed E-state index contributed by atoms with van der Waals surface area (Å²) in [5, 5.41) is 14.0. The van der Waals surface area contributed by atoms with Crippen molar-refractivity contribution in [2.24, 2.45) is 0 Å². The van der Waals surface area contributed by atoms with Gasteiger partial charge in [-0.05, 0) is 46.3 Å². The Labute approximate surface area is 131 Å². The number of hydrogen-bond acceptors (Lipinski definition) is 5. The molecule has 5 nitrogen and oxygen atoms in total. The third-order valence-corrected chi connectivity index (χ3v) is 4.34. The summed E-state index contributed by atoms with van der Waals surface area (Å²) >= 11 is 1.80. The van der Waals surface area contributed by atoms with Crippen LogP contribution in [0.3, 0.4) is 0 Å². The Morgan fingerprint density at radius 3 is 2.67 bits per heavy atom. The van der Waals surface area contributed by atoms with Crippen LogP contribution >= 0.6 is 11.3 Å². The number of likely N-dealkylation sites (N-methyl/N-ethyl adjacent to an activating group) is 1. The highest BCUT2D eigenvalue weighted by Gasteiger charge is 2.16. The topological polar surface area (TPSA) is 46.0 Å². The van der Waals surface area contributed by atoms with Crippen LogP contribution in [0, 0.1) is 0 Å². The van der Waals surface area contributed by atoms with Crippen LogP contribution in [-0.4, -0.2) is 40.5 Å². The second kappa shape index (κ2) is 6.68. The minimum Gasteiger partial charge on any atom is -0.309 e. The van der Waals surface area contributed by atoms with E-state index in [0.717, 1.165) is 18.8 Å². The van der Waals surface area contributed by atoms with Gasteiger partial charge in [0.15, 0.2) is 0 Å². The molecule has 116 valence electrons. The van der Waals surface area contributed by atoms with Gasteiger partial charge >= 0.3 is 0 Å². The van der Waals surface area contributed by atoms with E-state index in [9.17, 15) is 0 Å². The van der Waals surface area contributed by atoms with Crippen molar-refractivity contribution in [2.75, 3.05) is 20.6 Å². The summed E-state index contributed by atoms with van der Waals surface area (Å²) in [7, 11) is 4.23. The van der Waals surface area contributed by atoms with E-state index in [1.165, 1.54) is 4.88 Å². The monoisotopic (exact) mass is 307 g/mol. The molecule has 0 aliphatic carbocycles. The minimum atomic E-state index is -0.0195. The van der Waals surface area contributed by atoms with Crippen molar-refractivity contribution in [3.05, 3.63) is 34.3 Å². The van der Waals surface area contributed by atoms with Gasteiger partial charge in [-0.1, -0.05) is 11.3 Å². The maximum atomic E-state index is 4.23. The van der Waals surface area contributed by atoms with E-state index >= 15 is 0 Å². The standard InChI is InChI=1S/C15H25N5S/c1-15(2,3)20-11-12(17-18-20)9-16-10-13(19(4)5)14-7-6-8-21-14/h6-8,11,13,16H,9-10H2,1-5H3. The zero-order valence-electron chi connectivity index (χ0n) is 13.5. The first-order valence-corrected chi connectivity index (χ1v) is 8.08. The molecule has 0 amide bonds. The molecule has 21 heavy (non-hydrogen) atoms. The first kappa shape index (κ1) is 16.1. The molecule has 0 saturated heterocycles. The highest BCUT2D eigenvalue weighted by Crippen LogP contribution is 2.22. The Hall–Kier alpha value is -1.24. The fraction of sp³-hybridized carbons (Fsp3) is 0.600. The van der Waals surface area contributed by atoms with E-state index in [1.54, 1.807) is 11.3 Å². The highest BCUT2D eigenvalue weighted by molar-refractivity contribution is 7.10. The lowest BCUT2D eigenvalue weighted by Crippen LogP contribution is -2.30. The van der Waals surface area contributed by atoms with Gasteiger partial charge in [-0.15, -0.1) is 16.4 Å². The first-order valence-electron chi connectivity index (χ1n) is 7.20. The highest BCUT2D eigenvalue weighted by atomic mass is 32.1. The number of thiophene rings is 1. The molecular weight excluding hydrogens is 282 g/mol. The van der Waals surface area contributed by atoms with Crippen molar-refractivity contribution >= 4 is 11.3 Å². The maximum absolute atomic E-state index is 4.23. The first-order chi connectivity index (χ1) is 9.88. The molecule has 2 heterocycles. The molecule has 0 bridgehead atoms. The zero-order valence-corrected chi connectivity index (χ0v) is 14.3. The number of nitrogens with zero attached hydrogens (tertiary/aromatic N) is 4. The third kappa shape index (κ3) is 4.36. The fourth-order valence-corrected chi connectivity index (χ4v) is 2.99. The number of hydrogen-bond donors (Lipinski definition) is 1.